The van der Waals surface area contributed by atoms with Gasteiger partial charge in [0.2, 0.25) is 0 Å². The standard InChI is InChI=1S/C28H27N3O3S/c1-19(23-10-7-11-24(16-23)30-27(32)21-8-5-4-6-9-21)31(3)28(33)22-12-14-26(15-13-22)34-17-25-18-35-20(2)29-25/h4-16,18-19H,17H2,1-3H3,(H,30,32). The molecule has 1 N–H and O–H groups in total. The van der Waals surface area contributed by atoms with E-state index in [0.29, 0.717) is 29.2 Å². The first-order chi connectivity index (χ1) is 16.9. The Morgan fingerprint density at radius 1 is 1.00 bits per heavy atom. The highest BCUT2D eigenvalue weighted by molar-refractivity contribution is 7.09. The molecular formula is C28H27N3O3S. The minimum Gasteiger partial charge on any atom is -0.487 e. The summed E-state index contributed by atoms with van der Waals surface area (Å²) in [6, 6.07) is 23.6. The van der Waals surface area contributed by atoms with Crippen molar-refractivity contribution in [3.8, 4) is 5.75 Å². The van der Waals surface area contributed by atoms with Gasteiger partial charge in [0.15, 0.2) is 0 Å². The Kier molecular flexibility index (Phi) is 7.57. The zero-order chi connectivity index (χ0) is 24.8. The molecule has 0 spiro atoms. The monoisotopic (exact) mass is 485 g/mol. The van der Waals surface area contributed by atoms with Crippen molar-refractivity contribution in [1.29, 1.82) is 0 Å². The molecule has 0 bridgehead atoms. The SMILES string of the molecule is Cc1nc(COc2ccc(C(=O)N(C)C(C)c3cccc(NC(=O)c4ccccc4)c3)cc2)cs1. The number of anilines is 1. The molecule has 2 amide bonds. The first-order valence-corrected chi connectivity index (χ1v) is 12.2. The molecule has 7 heteroatoms. The van der Waals surface area contributed by atoms with Crippen LogP contribution in [0.1, 0.15) is 49.9 Å². The van der Waals surface area contributed by atoms with E-state index in [-0.39, 0.29) is 17.9 Å². The van der Waals surface area contributed by atoms with Crippen LogP contribution in [-0.4, -0.2) is 28.7 Å². The summed E-state index contributed by atoms with van der Waals surface area (Å²) >= 11 is 1.59. The molecule has 35 heavy (non-hydrogen) atoms. The number of nitrogens with zero attached hydrogens (tertiary/aromatic N) is 2. The fraction of sp³-hybridized carbons (Fsp3) is 0.179. The maximum atomic E-state index is 13.1. The van der Waals surface area contributed by atoms with E-state index in [1.807, 2.05) is 61.7 Å². The second-order valence-electron chi connectivity index (χ2n) is 8.21. The topological polar surface area (TPSA) is 71.5 Å². The lowest BCUT2D eigenvalue weighted by atomic mass is 10.0. The highest BCUT2D eigenvalue weighted by atomic mass is 32.1. The van der Waals surface area contributed by atoms with Crippen LogP contribution in [0.2, 0.25) is 0 Å². The Bertz CT molecular complexity index is 1300. The van der Waals surface area contributed by atoms with Gasteiger partial charge in [-0.15, -0.1) is 11.3 Å². The van der Waals surface area contributed by atoms with Crippen LogP contribution in [0.5, 0.6) is 5.75 Å². The van der Waals surface area contributed by atoms with Crippen LogP contribution in [0.15, 0.2) is 84.2 Å². The van der Waals surface area contributed by atoms with Crippen molar-refractivity contribution >= 4 is 28.8 Å². The van der Waals surface area contributed by atoms with Gasteiger partial charge in [-0.1, -0.05) is 30.3 Å². The summed E-state index contributed by atoms with van der Waals surface area (Å²) in [6.45, 7) is 4.32. The number of hydrogen-bond donors (Lipinski definition) is 1. The quantitative estimate of drug-likeness (QED) is 0.327. The number of hydrogen-bond acceptors (Lipinski definition) is 5. The molecule has 0 fully saturated rings. The number of aryl methyl sites for hydroxylation is 1. The summed E-state index contributed by atoms with van der Waals surface area (Å²) in [7, 11) is 1.78. The van der Waals surface area contributed by atoms with Crippen LogP contribution < -0.4 is 10.1 Å². The number of aromatic nitrogens is 1. The predicted molar refractivity (Wildman–Crippen MR) is 139 cm³/mol. The van der Waals surface area contributed by atoms with Crippen LogP contribution >= 0.6 is 11.3 Å². The Morgan fingerprint density at radius 2 is 1.74 bits per heavy atom. The van der Waals surface area contributed by atoms with Gasteiger partial charge in [0.05, 0.1) is 16.7 Å². The summed E-state index contributed by atoms with van der Waals surface area (Å²) in [5.41, 5.74) is 3.66. The first-order valence-electron chi connectivity index (χ1n) is 11.3. The molecular weight excluding hydrogens is 458 g/mol. The van der Waals surface area contributed by atoms with Gasteiger partial charge < -0.3 is 15.0 Å². The zero-order valence-corrected chi connectivity index (χ0v) is 20.7. The van der Waals surface area contributed by atoms with E-state index in [1.54, 1.807) is 59.7 Å². The molecule has 0 saturated heterocycles. The van der Waals surface area contributed by atoms with Gasteiger partial charge in [-0.05, 0) is 67.9 Å². The number of rotatable bonds is 8. The lowest BCUT2D eigenvalue weighted by molar-refractivity contribution is 0.0742. The average Bonchev–Trinajstić information content (AvgIpc) is 3.32. The second-order valence-corrected chi connectivity index (χ2v) is 9.27. The summed E-state index contributed by atoms with van der Waals surface area (Å²) in [6.07, 6.45) is 0. The number of carbonyl (C=O) groups is 2. The highest BCUT2D eigenvalue weighted by Crippen LogP contribution is 2.25. The molecule has 4 aromatic rings. The van der Waals surface area contributed by atoms with Gasteiger partial charge in [-0.3, -0.25) is 9.59 Å². The van der Waals surface area contributed by atoms with E-state index in [1.165, 1.54) is 0 Å². The van der Waals surface area contributed by atoms with Gasteiger partial charge in [0.1, 0.15) is 12.4 Å². The van der Waals surface area contributed by atoms with Crippen molar-refractivity contribution in [2.75, 3.05) is 12.4 Å². The predicted octanol–water partition coefficient (Wildman–Crippen LogP) is 6.12. The average molecular weight is 486 g/mol. The maximum Gasteiger partial charge on any atom is 0.255 e. The third-order valence-corrected chi connectivity index (χ3v) is 6.54. The van der Waals surface area contributed by atoms with Crippen molar-refractivity contribution in [2.45, 2.75) is 26.5 Å². The summed E-state index contributed by atoms with van der Waals surface area (Å²) in [4.78, 5) is 31.7. The maximum absolute atomic E-state index is 13.1. The van der Waals surface area contributed by atoms with E-state index in [4.69, 9.17) is 4.74 Å². The molecule has 0 saturated carbocycles. The zero-order valence-electron chi connectivity index (χ0n) is 19.9. The Hall–Kier alpha value is -3.97. The van der Waals surface area contributed by atoms with E-state index in [9.17, 15) is 9.59 Å². The van der Waals surface area contributed by atoms with Gasteiger partial charge in [0, 0.05) is 29.2 Å². The lowest BCUT2D eigenvalue weighted by Gasteiger charge is -2.26. The van der Waals surface area contributed by atoms with Crippen LogP contribution in [-0.2, 0) is 6.61 Å². The number of nitrogens with one attached hydrogen (secondary N) is 1. The van der Waals surface area contributed by atoms with Gasteiger partial charge in [-0.2, -0.15) is 0 Å². The molecule has 0 aliphatic carbocycles. The Morgan fingerprint density at radius 3 is 2.43 bits per heavy atom. The fourth-order valence-electron chi connectivity index (χ4n) is 3.60. The molecule has 1 atom stereocenters. The van der Waals surface area contributed by atoms with Gasteiger partial charge in [-0.25, -0.2) is 4.98 Å². The van der Waals surface area contributed by atoms with Crippen molar-refractivity contribution in [3.63, 3.8) is 0 Å². The van der Waals surface area contributed by atoms with Crippen molar-refractivity contribution in [2.24, 2.45) is 0 Å². The third-order valence-electron chi connectivity index (χ3n) is 5.72. The molecule has 0 radical (unpaired) electrons. The molecule has 3 aromatic carbocycles. The van der Waals surface area contributed by atoms with Gasteiger partial charge >= 0.3 is 0 Å². The van der Waals surface area contributed by atoms with E-state index in [0.717, 1.165) is 16.3 Å². The summed E-state index contributed by atoms with van der Waals surface area (Å²) < 4.78 is 5.78. The van der Waals surface area contributed by atoms with Crippen molar-refractivity contribution in [1.82, 2.24) is 9.88 Å². The number of amides is 2. The smallest absolute Gasteiger partial charge is 0.255 e. The minimum atomic E-state index is -0.195. The van der Waals surface area contributed by atoms with E-state index >= 15 is 0 Å². The van der Waals surface area contributed by atoms with Crippen LogP contribution in [0, 0.1) is 6.92 Å². The summed E-state index contributed by atoms with van der Waals surface area (Å²) in [5.74, 6) is 0.412. The van der Waals surface area contributed by atoms with Crippen molar-refractivity contribution in [3.05, 3.63) is 112 Å². The molecule has 1 aromatic heterocycles. The Balaban J connectivity index is 1.38. The molecule has 1 heterocycles. The van der Waals surface area contributed by atoms with Crippen LogP contribution in [0.4, 0.5) is 5.69 Å². The van der Waals surface area contributed by atoms with E-state index in [2.05, 4.69) is 10.3 Å². The highest BCUT2D eigenvalue weighted by Gasteiger charge is 2.19. The number of ether oxygens (including phenoxy) is 1. The molecule has 0 aliphatic heterocycles. The molecule has 0 aliphatic rings. The Labute approximate surface area is 209 Å². The third kappa shape index (κ3) is 6.13. The number of thiazole rings is 1. The molecule has 178 valence electrons. The number of benzene rings is 3. The van der Waals surface area contributed by atoms with Crippen LogP contribution in [0.25, 0.3) is 0 Å². The molecule has 6 nitrogen and oxygen atoms in total. The fourth-order valence-corrected chi connectivity index (χ4v) is 4.20. The normalized spacial score (nSPS) is 11.5. The molecule has 4 rings (SSSR count). The number of carbonyl (C=O) groups excluding carboxylic acids is 2. The van der Waals surface area contributed by atoms with Gasteiger partial charge in [0.25, 0.3) is 11.8 Å². The lowest BCUT2D eigenvalue weighted by Crippen LogP contribution is -2.29. The molecule has 1 unspecified atom stereocenters. The van der Waals surface area contributed by atoms with Crippen LogP contribution in [0.3, 0.4) is 0 Å². The van der Waals surface area contributed by atoms with E-state index < -0.39 is 0 Å². The van der Waals surface area contributed by atoms with Crippen molar-refractivity contribution < 1.29 is 14.3 Å². The summed E-state index contributed by atoms with van der Waals surface area (Å²) in [5, 5.41) is 5.91. The minimum absolute atomic E-state index is 0.0992. The first kappa shape index (κ1) is 24.2. The largest absolute Gasteiger partial charge is 0.487 e. The second kappa shape index (κ2) is 11.0.